The van der Waals surface area contributed by atoms with Crippen LogP contribution in [0.5, 0.6) is 11.5 Å². The molecule has 0 atom stereocenters. The topological polar surface area (TPSA) is 50.8 Å². The van der Waals surface area contributed by atoms with Gasteiger partial charge in [-0.05, 0) is 18.2 Å². The van der Waals surface area contributed by atoms with E-state index in [9.17, 15) is 9.18 Å². The van der Waals surface area contributed by atoms with Crippen molar-refractivity contribution in [2.45, 2.75) is 6.54 Å². The van der Waals surface area contributed by atoms with E-state index >= 15 is 0 Å². The average Bonchev–Trinajstić information content (AvgIpc) is 2.57. The third kappa shape index (κ3) is 4.12. The number of nitrogens with zero attached hydrogens (tertiary/aromatic N) is 1. The van der Waals surface area contributed by atoms with Gasteiger partial charge in [-0.25, -0.2) is 9.18 Å². The zero-order valence-electron chi connectivity index (χ0n) is 13.3. The molecule has 0 bridgehead atoms. The van der Waals surface area contributed by atoms with E-state index in [0.717, 1.165) is 5.56 Å². The van der Waals surface area contributed by atoms with Gasteiger partial charge in [-0.2, -0.15) is 0 Å². The lowest BCUT2D eigenvalue weighted by molar-refractivity contribution is 0.220. The molecule has 0 unspecified atom stereocenters. The molecule has 0 aromatic heterocycles. The lowest BCUT2D eigenvalue weighted by Crippen LogP contribution is -2.31. The average molecular weight is 318 g/mol. The number of carbonyl (C=O) groups is 1. The number of amides is 2. The molecule has 2 rings (SSSR count). The van der Waals surface area contributed by atoms with E-state index < -0.39 is 11.8 Å². The lowest BCUT2D eigenvalue weighted by Gasteiger charge is -2.19. The third-order valence-electron chi connectivity index (χ3n) is 3.36. The SMILES string of the molecule is COc1ccc(NC(=O)N(C)Cc2ccccc2OC)c(F)c1. The largest absolute Gasteiger partial charge is 0.497 e. The molecule has 5 nitrogen and oxygen atoms in total. The fourth-order valence-corrected chi connectivity index (χ4v) is 2.10. The van der Waals surface area contributed by atoms with E-state index in [1.165, 1.54) is 24.1 Å². The predicted molar refractivity (Wildman–Crippen MR) is 86.4 cm³/mol. The highest BCUT2D eigenvalue weighted by Crippen LogP contribution is 2.22. The Labute approximate surface area is 134 Å². The minimum atomic E-state index is -0.552. The number of para-hydroxylation sites is 1. The zero-order chi connectivity index (χ0) is 16.8. The molecule has 122 valence electrons. The molecule has 1 N–H and O–H groups in total. The van der Waals surface area contributed by atoms with Gasteiger partial charge in [-0.1, -0.05) is 18.2 Å². The van der Waals surface area contributed by atoms with Crippen molar-refractivity contribution in [3.8, 4) is 11.5 Å². The monoisotopic (exact) mass is 318 g/mol. The van der Waals surface area contributed by atoms with E-state index in [4.69, 9.17) is 9.47 Å². The number of carbonyl (C=O) groups excluding carboxylic acids is 1. The maximum Gasteiger partial charge on any atom is 0.321 e. The number of anilines is 1. The second-order valence-electron chi connectivity index (χ2n) is 4.94. The number of hydrogen-bond donors (Lipinski definition) is 1. The van der Waals surface area contributed by atoms with Crippen molar-refractivity contribution in [3.63, 3.8) is 0 Å². The van der Waals surface area contributed by atoms with Gasteiger partial charge in [0.25, 0.3) is 0 Å². The molecule has 6 heteroatoms. The maximum atomic E-state index is 13.9. The number of halogens is 1. The van der Waals surface area contributed by atoms with Crippen molar-refractivity contribution in [1.82, 2.24) is 4.90 Å². The summed E-state index contributed by atoms with van der Waals surface area (Å²) < 4.78 is 24.1. The van der Waals surface area contributed by atoms with Gasteiger partial charge in [-0.3, -0.25) is 0 Å². The molecular weight excluding hydrogens is 299 g/mol. The van der Waals surface area contributed by atoms with Crippen LogP contribution < -0.4 is 14.8 Å². The van der Waals surface area contributed by atoms with E-state index in [2.05, 4.69) is 5.32 Å². The maximum absolute atomic E-state index is 13.9. The summed E-state index contributed by atoms with van der Waals surface area (Å²) >= 11 is 0. The minimum Gasteiger partial charge on any atom is -0.497 e. The molecule has 2 aromatic carbocycles. The van der Waals surface area contributed by atoms with E-state index in [0.29, 0.717) is 18.0 Å². The highest BCUT2D eigenvalue weighted by molar-refractivity contribution is 5.89. The molecule has 0 saturated heterocycles. The first-order valence-corrected chi connectivity index (χ1v) is 7.02. The van der Waals surface area contributed by atoms with Gasteiger partial charge in [0, 0.05) is 18.7 Å². The van der Waals surface area contributed by atoms with Crippen LogP contribution in [-0.4, -0.2) is 32.2 Å². The first-order valence-electron chi connectivity index (χ1n) is 7.02. The molecule has 0 aliphatic heterocycles. The molecule has 0 fully saturated rings. The second kappa shape index (κ2) is 7.49. The van der Waals surface area contributed by atoms with Gasteiger partial charge in [0.15, 0.2) is 0 Å². The third-order valence-corrected chi connectivity index (χ3v) is 3.36. The zero-order valence-corrected chi connectivity index (χ0v) is 13.3. The Bertz CT molecular complexity index is 691. The molecule has 2 amide bonds. The van der Waals surface area contributed by atoms with Crippen LogP contribution in [0.25, 0.3) is 0 Å². The van der Waals surface area contributed by atoms with Crippen LogP contribution >= 0.6 is 0 Å². The van der Waals surface area contributed by atoms with Crippen molar-refractivity contribution < 1.29 is 18.7 Å². The summed E-state index contributed by atoms with van der Waals surface area (Å²) in [7, 11) is 4.66. The minimum absolute atomic E-state index is 0.0997. The number of rotatable bonds is 5. The quantitative estimate of drug-likeness (QED) is 0.918. The summed E-state index contributed by atoms with van der Waals surface area (Å²) in [4.78, 5) is 13.6. The summed E-state index contributed by atoms with van der Waals surface area (Å²) in [5.41, 5.74) is 0.963. The summed E-state index contributed by atoms with van der Waals surface area (Å²) in [5, 5.41) is 2.53. The normalized spacial score (nSPS) is 10.1. The molecule has 2 aromatic rings. The number of nitrogens with one attached hydrogen (secondary N) is 1. The van der Waals surface area contributed by atoms with Crippen molar-refractivity contribution >= 4 is 11.7 Å². The number of benzene rings is 2. The Kier molecular flexibility index (Phi) is 5.41. The second-order valence-corrected chi connectivity index (χ2v) is 4.94. The van der Waals surface area contributed by atoms with Crippen molar-refractivity contribution in [2.24, 2.45) is 0 Å². The Morgan fingerprint density at radius 1 is 1.17 bits per heavy atom. The molecular formula is C17H19FN2O3. The Balaban J connectivity index is 2.05. The lowest BCUT2D eigenvalue weighted by atomic mass is 10.2. The van der Waals surface area contributed by atoms with Crippen molar-refractivity contribution in [2.75, 3.05) is 26.6 Å². The van der Waals surface area contributed by atoms with Crippen LogP contribution in [0.2, 0.25) is 0 Å². The fourth-order valence-electron chi connectivity index (χ4n) is 2.10. The summed E-state index contributed by atoms with van der Waals surface area (Å²) in [6.45, 7) is 0.341. The summed E-state index contributed by atoms with van der Waals surface area (Å²) in [6, 6.07) is 11.3. The van der Waals surface area contributed by atoms with E-state index in [-0.39, 0.29) is 5.69 Å². The summed E-state index contributed by atoms with van der Waals surface area (Å²) in [6.07, 6.45) is 0. The van der Waals surface area contributed by atoms with Crippen LogP contribution in [0.15, 0.2) is 42.5 Å². The smallest absolute Gasteiger partial charge is 0.321 e. The molecule has 0 radical (unpaired) electrons. The molecule has 0 saturated carbocycles. The van der Waals surface area contributed by atoms with Gasteiger partial charge in [-0.15, -0.1) is 0 Å². The van der Waals surface area contributed by atoms with Crippen molar-refractivity contribution in [1.29, 1.82) is 0 Å². The number of ether oxygens (including phenoxy) is 2. The van der Waals surface area contributed by atoms with Gasteiger partial charge >= 0.3 is 6.03 Å². The summed E-state index contributed by atoms with van der Waals surface area (Å²) in [5.74, 6) is 0.536. The molecule has 23 heavy (non-hydrogen) atoms. The van der Waals surface area contributed by atoms with Crippen molar-refractivity contribution in [3.05, 3.63) is 53.8 Å². The van der Waals surface area contributed by atoms with Crippen LogP contribution in [-0.2, 0) is 6.54 Å². The first kappa shape index (κ1) is 16.6. The molecule has 0 heterocycles. The Hall–Kier alpha value is -2.76. The van der Waals surface area contributed by atoms with Gasteiger partial charge in [0.05, 0.1) is 26.5 Å². The predicted octanol–water partition coefficient (Wildman–Crippen LogP) is 3.51. The highest BCUT2D eigenvalue weighted by Gasteiger charge is 2.14. The van der Waals surface area contributed by atoms with Crippen LogP contribution in [0, 0.1) is 5.82 Å². The Morgan fingerprint density at radius 3 is 2.57 bits per heavy atom. The van der Waals surface area contributed by atoms with Gasteiger partial charge in [0.1, 0.15) is 17.3 Å². The van der Waals surface area contributed by atoms with Crippen LogP contribution in [0.4, 0.5) is 14.9 Å². The van der Waals surface area contributed by atoms with Crippen LogP contribution in [0.3, 0.4) is 0 Å². The first-order chi connectivity index (χ1) is 11.0. The fraction of sp³-hybridized carbons (Fsp3) is 0.235. The number of urea groups is 1. The molecule has 0 spiro atoms. The highest BCUT2D eigenvalue weighted by atomic mass is 19.1. The number of hydrogen-bond acceptors (Lipinski definition) is 3. The Morgan fingerprint density at radius 2 is 1.91 bits per heavy atom. The molecule has 0 aliphatic rings. The van der Waals surface area contributed by atoms with Gasteiger partial charge < -0.3 is 19.7 Å². The van der Waals surface area contributed by atoms with E-state index in [1.807, 2.05) is 24.3 Å². The van der Waals surface area contributed by atoms with Crippen LogP contribution in [0.1, 0.15) is 5.56 Å². The standard InChI is InChI=1S/C17H19FN2O3/c1-20(11-12-6-4-5-7-16(12)23-3)17(21)19-15-9-8-13(22-2)10-14(15)18/h4-10H,11H2,1-3H3,(H,19,21). The van der Waals surface area contributed by atoms with E-state index in [1.54, 1.807) is 20.2 Å². The number of methoxy groups -OCH3 is 2. The van der Waals surface area contributed by atoms with Gasteiger partial charge in [0.2, 0.25) is 0 Å². The molecule has 0 aliphatic carbocycles.